The largest absolute Gasteiger partial charge is 0.327 e. The van der Waals surface area contributed by atoms with Crippen molar-refractivity contribution >= 4 is 63.4 Å². The lowest BCUT2D eigenvalue weighted by Crippen LogP contribution is -2.46. The molecule has 0 saturated carbocycles. The maximum atomic E-state index is 12.9. The van der Waals surface area contributed by atoms with Crippen LogP contribution < -0.4 is 16.0 Å². The van der Waals surface area contributed by atoms with Crippen molar-refractivity contribution in [1.29, 1.82) is 0 Å². The van der Waals surface area contributed by atoms with Crippen LogP contribution in [0.4, 0.5) is 10.5 Å². The van der Waals surface area contributed by atoms with Crippen LogP contribution in [0.25, 0.3) is 0 Å². The summed E-state index contributed by atoms with van der Waals surface area (Å²) in [7, 11) is 0. The van der Waals surface area contributed by atoms with Gasteiger partial charge in [0.1, 0.15) is 0 Å². The molecule has 1 aliphatic heterocycles. The average molecular weight is 502 g/mol. The average Bonchev–Trinajstić information content (AvgIpc) is 2.58. The molecule has 0 fully saturated rings. The van der Waals surface area contributed by atoms with E-state index in [0.29, 0.717) is 32.6 Å². The Kier molecular flexibility index (Phi) is 5.74. The maximum Gasteiger partial charge on any atom is 0.319 e. The fourth-order valence-corrected chi connectivity index (χ4v) is 3.48. The molecule has 0 unspecified atom stereocenters. The highest BCUT2D eigenvalue weighted by Gasteiger charge is 2.32. The monoisotopic (exact) mass is 501 g/mol. The molecule has 2 aromatic rings. The van der Waals surface area contributed by atoms with Crippen LogP contribution in [0, 0.1) is 3.57 Å². The molecule has 8 heteroatoms. The van der Waals surface area contributed by atoms with Crippen molar-refractivity contribution < 1.29 is 9.59 Å². The smallest absolute Gasteiger partial charge is 0.319 e. The summed E-state index contributed by atoms with van der Waals surface area (Å²) in [5, 5.41) is 8.88. The summed E-state index contributed by atoms with van der Waals surface area (Å²) < 4.78 is 1.06. The molecule has 0 radical (unpaired) electrons. The van der Waals surface area contributed by atoms with Gasteiger partial charge in [0, 0.05) is 15.0 Å². The lowest BCUT2D eigenvalue weighted by Gasteiger charge is -2.29. The molecule has 1 heterocycles. The van der Waals surface area contributed by atoms with Crippen molar-refractivity contribution in [1.82, 2.24) is 10.6 Å². The Morgan fingerprint density at radius 1 is 1.15 bits per heavy atom. The number of benzene rings is 2. The van der Waals surface area contributed by atoms with Crippen molar-refractivity contribution in [3.8, 4) is 0 Å². The Labute approximate surface area is 174 Å². The number of hydrogen-bond acceptors (Lipinski definition) is 2. The lowest BCUT2D eigenvalue weighted by atomic mass is 9.94. The number of urea groups is 1. The number of carbonyl (C=O) groups excluding carboxylic acids is 2. The third-order valence-corrected chi connectivity index (χ3v) is 5.46. The summed E-state index contributed by atoms with van der Waals surface area (Å²) in [6.45, 7) is 1.67. The maximum absolute atomic E-state index is 12.9. The fraction of sp³-hybridized carbons (Fsp3) is 0.111. The van der Waals surface area contributed by atoms with Gasteiger partial charge in [0.15, 0.2) is 0 Å². The van der Waals surface area contributed by atoms with E-state index in [-0.39, 0.29) is 5.91 Å². The fourth-order valence-electron chi connectivity index (χ4n) is 2.70. The SMILES string of the molecule is CC1=C(C(=O)Nc2ccc(I)cc2)[C@@H](c2cccc(Cl)c2Cl)NC(=O)N1. The van der Waals surface area contributed by atoms with E-state index < -0.39 is 12.1 Å². The number of carbonyl (C=O) groups is 2. The zero-order chi connectivity index (χ0) is 18.8. The minimum absolute atomic E-state index is 0.300. The highest BCUT2D eigenvalue weighted by atomic mass is 127. The van der Waals surface area contributed by atoms with Crippen molar-refractivity contribution in [3.63, 3.8) is 0 Å². The van der Waals surface area contributed by atoms with Gasteiger partial charge in [0.05, 0.1) is 21.7 Å². The molecule has 0 aliphatic carbocycles. The molecule has 1 aliphatic rings. The minimum atomic E-state index is -0.709. The Hall–Kier alpha value is -1.77. The minimum Gasteiger partial charge on any atom is -0.327 e. The molecule has 0 saturated heterocycles. The van der Waals surface area contributed by atoms with Gasteiger partial charge in [-0.3, -0.25) is 4.79 Å². The lowest BCUT2D eigenvalue weighted by molar-refractivity contribution is -0.113. The van der Waals surface area contributed by atoms with Crippen molar-refractivity contribution in [2.45, 2.75) is 13.0 Å². The van der Waals surface area contributed by atoms with Crippen molar-refractivity contribution in [3.05, 3.63) is 72.9 Å². The summed E-state index contributed by atoms with van der Waals surface area (Å²) >= 11 is 14.6. The summed E-state index contributed by atoms with van der Waals surface area (Å²) in [5.74, 6) is -0.336. The molecule has 2 aromatic carbocycles. The molecule has 5 nitrogen and oxygen atoms in total. The predicted octanol–water partition coefficient (Wildman–Crippen LogP) is 4.86. The number of anilines is 1. The van der Waals surface area contributed by atoms with Gasteiger partial charge in [-0.15, -0.1) is 0 Å². The quantitative estimate of drug-likeness (QED) is 0.525. The van der Waals surface area contributed by atoms with E-state index >= 15 is 0 Å². The molecule has 3 amide bonds. The van der Waals surface area contributed by atoms with Crippen molar-refractivity contribution in [2.24, 2.45) is 0 Å². The van der Waals surface area contributed by atoms with E-state index in [0.717, 1.165) is 3.57 Å². The standard InChI is InChI=1S/C18H14Cl2IN3O2/c1-9-14(17(25)23-11-7-5-10(21)6-8-11)16(24-18(26)22-9)12-3-2-4-13(19)15(12)20/h2-8,16H,1H3,(H,23,25)(H2,22,24,26)/t16-/m1/s1. The summed E-state index contributed by atoms with van der Waals surface area (Å²) in [6, 6.07) is 11.4. The van der Waals surface area contributed by atoms with Crippen molar-refractivity contribution in [2.75, 3.05) is 5.32 Å². The van der Waals surface area contributed by atoms with Gasteiger partial charge in [-0.2, -0.15) is 0 Å². The number of rotatable bonds is 3. The molecule has 134 valence electrons. The number of halogens is 3. The van der Waals surface area contributed by atoms with Gasteiger partial charge in [0.25, 0.3) is 5.91 Å². The van der Waals surface area contributed by atoms with Gasteiger partial charge in [-0.1, -0.05) is 35.3 Å². The van der Waals surface area contributed by atoms with Gasteiger partial charge in [0.2, 0.25) is 0 Å². The highest BCUT2D eigenvalue weighted by molar-refractivity contribution is 14.1. The number of amides is 3. The zero-order valence-electron chi connectivity index (χ0n) is 13.6. The Morgan fingerprint density at radius 3 is 2.54 bits per heavy atom. The molecule has 0 spiro atoms. The number of allylic oxidation sites excluding steroid dienone is 1. The second-order valence-corrected chi connectivity index (χ2v) is 7.71. The van der Waals surface area contributed by atoms with E-state index in [4.69, 9.17) is 23.2 Å². The first-order valence-electron chi connectivity index (χ1n) is 7.66. The number of hydrogen-bond donors (Lipinski definition) is 3. The molecule has 0 aromatic heterocycles. The second kappa shape index (κ2) is 7.85. The van der Waals surface area contributed by atoms with E-state index in [1.807, 2.05) is 24.3 Å². The third-order valence-electron chi connectivity index (χ3n) is 3.91. The first kappa shape index (κ1) is 19.0. The van der Waals surface area contributed by atoms with Gasteiger partial charge in [-0.05, 0) is 65.4 Å². The summed E-state index contributed by atoms with van der Waals surface area (Å²) in [5.41, 5.74) is 2.04. The van der Waals surface area contributed by atoms with Gasteiger partial charge in [-0.25, -0.2) is 4.79 Å². The molecular weight excluding hydrogens is 488 g/mol. The van der Waals surface area contributed by atoms with E-state index in [1.165, 1.54) is 0 Å². The Balaban J connectivity index is 1.99. The molecule has 26 heavy (non-hydrogen) atoms. The van der Waals surface area contributed by atoms with Crippen LogP contribution in [0.3, 0.4) is 0 Å². The zero-order valence-corrected chi connectivity index (χ0v) is 17.2. The Bertz CT molecular complexity index is 913. The molecule has 3 N–H and O–H groups in total. The Morgan fingerprint density at radius 2 is 1.85 bits per heavy atom. The predicted molar refractivity (Wildman–Crippen MR) is 111 cm³/mol. The first-order chi connectivity index (χ1) is 12.4. The van der Waals surface area contributed by atoms with E-state index in [1.54, 1.807) is 25.1 Å². The molecule has 3 rings (SSSR count). The van der Waals surface area contributed by atoms with Crippen LogP contribution in [0.2, 0.25) is 10.0 Å². The topological polar surface area (TPSA) is 70.2 Å². The highest BCUT2D eigenvalue weighted by Crippen LogP contribution is 2.35. The van der Waals surface area contributed by atoms with Crippen LogP contribution in [-0.4, -0.2) is 11.9 Å². The molecule has 1 atom stereocenters. The second-order valence-electron chi connectivity index (χ2n) is 5.67. The van der Waals surface area contributed by atoms with Crippen LogP contribution in [0.15, 0.2) is 53.7 Å². The van der Waals surface area contributed by atoms with E-state index in [9.17, 15) is 9.59 Å². The molecular formula is C18H14Cl2IN3O2. The van der Waals surface area contributed by atoms with Crippen LogP contribution in [0.1, 0.15) is 18.5 Å². The van der Waals surface area contributed by atoms with Crippen LogP contribution in [-0.2, 0) is 4.79 Å². The van der Waals surface area contributed by atoms with Crippen LogP contribution in [0.5, 0.6) is 0 Å². The molecule has 0 bridgehead atoms. The summed E-state index contributed by atoms with van der Waals surface area (Å²) in [4.78, 5) is 24.9. The van der Waals surface area contributed by atoms with Crippen LogP contribution >= 0.6 is 45.8 Å². The number of nitrogens with one attached hydrogen (secondary N) is 3. The van der Waals surface area contributed by atoms with Gasteiger partial charge < -0.3 is 16.0 Å². The van der Waals surface area contributed by atoms with E-state index in [2.05, 4.69) is 38.5 Å². The summed E-state index contributed by atoms with van der Waals surface area (Å²) in [6.07, 6.45) is 0. The van der Waals surface area contributed by atoms with Gasteiger partial charge >= 0.3 is 6.03 Å². The normalized spacial score (nSPS) is 16.8. The first-order valence-corrected chi connectivity index (χ1v) is 9.49. The third kappa shape index (κ3) is 3.97.